The molecule has 5 rings (SSSR count). The van der Waals surface area contributed by atoms with Crippen molar-refractivity contribution in [3.63, 3.8) is 0 Å². The minimum absolute atomic E-state index is 0.104. The van der Waals surface area contributed by atoms with Gasteiger partial charge in [0.25, 0.3) is 5.91 Å². The zero-order chi connectivity index (χ0) is 24.9. The van der Waals surface area contributed by atoms with Crippen LogP contribution in [0.3, 0.4) is 0 Å². The van der Waals surface area contributed by atoms with Gasteiger partial charge < -0.3 is 10.6 Å². The van der Waals surface area contributed by atoms with Gasteiger partial charge in [0.2, 0.25) is 5.91 Å². The average Bonchev–Trinajstić information content (AvgIpc) is 3.01. The molecule has 1 unspecified atom stereocenters. The summed E-state index contributed by atoms with van der Waals surface area (Å²) in [4.78, 5) is 36.6. The molecule has 0 radical (unpaired) electrons. The number of nitrogens with zero attached hydrogens (tertiary/aromatic N) is 3. The molecule has 3 heterocycles. The number of hydrogen-bond acceptors (Lipinski definition) is 5. The van der Waals surface area contributed by atoms with E-state index in [2.05, 4.69) is 25.5 Å². The van der Waals surface area contributed by atoms with Gasteiger partial charge in [-0.3, -0.25) is 19.5 Å². The third-order valence-electron chi connectivity index (χ3n) is 6.08. The number of aromatic nitrogens is 2. The number of fused-ring (bicyclic) bond motifs is 1. The van der Waals surface area contributed by atoms with Gasteiger partial charge in [0.05, 0.1) is 6.04 Å². The Kier molecular flexibility index (Phi) is 7.02. The number of carbonyl (C=O) groups excluding carboxylic acids is 2. The standard InChI is InChI=1S/C28H24ClN5O2/c29-22-12-11-21-18-34(25(28(36)32-24(21)15-22)16-23-5-1-3-13-30-23)17-19-7-9-20(10-8-19)27(35)33-26-6-2-4-14-31-26/h1-15,25H,16-18H2,(H,32,36)(H,31,33,35). The summed E-state index contributed by atoms with van der Waals surface area (Å²) in [5.74, 6) is 0.166. The van der Waals surface area contributed by atoms with E-state index in [0.29, 0.717) is 35.9 Å². The summed E-state index contributed by atoms with van der Waals surface area (Å²) >= 11 is 6.19. The molecule has 0 spiro atoms. The van der Waals surface area contributed by atoms with E-state index in [1.54, 1.807) is 42.7 Å². The summed E-state index contributed by atoms with van der Waals surface area (Å²) in [6.45, 7) is 1.08. The van der Waals surface area contributed by atoms with Gasteiger partial charge in [0, 0.05) is 53.9 Å². The molecule has 0 aliphatic carbocycles. The highest BCUT2D eigenvalue weighted by molar-refractivity contribution is 6.31. The highest BCUT2D eigenvalue weighted by Crippen LogP contribution is 2.28. The summed E-state index contributed by atoms with van der Waals surface area (Å²) in [5, 5.41) is 6.41. The topological polar surface area (TPSA) is 87.2 Å². The normalized spacial score (nSPS) is 15.5. The summed E-state index contributed by atoms with van der Waals surface area (Å²) < 4.78 is 0. The number of benzene rings is 2. The van der Waals surface area contributed by atoms with Crippen LogP contribution in [0.4, 0.5) is 11.5 Å². The first kappa shape index (κ1) is 23.7. The first-order valence-corrected chi connectivity index (χ1v) is 12.0. The zero-order valence-corrected chi connectivity index (χ0v) is 20.2. The average molecular weight is 498 g/mol. The lowest BCUT2D eigenvalue weighted by Gasteiger charge is -2.28. The monoisotopic (exact) mass is 497 g/mol. The van der Waals surface area contributed by atoms with Crippen LogP contribution in [-0.2, 0) is 24.3 Å². The molecule has 36 heavy (non-hydrogen) atoms. The van der Waals surface area contributed by atoms with Crippen molar-refractivity contribution in [2.45, 2.75) is 25.6 Å². The lowest BCUT2D eigenvalue weighted by atomic mass is 10.1. The third-order valence-corrected chi connectivity index (χ3v) is 6.32. The van der Waals surface area contributed by atoms with Crippen LogP contribution in [0.1, 0.15) is 27.2 Å². The minimum atomic E-state index is -0.432. The van der Waals surface area contributed by atoms with Crippen LogP contribution >= 0.6 is 11.6 Å². The number of rotatable bonds is 6. The molecule has 0 saturated carbocycles. The lowest BCUT2D eigenvalue weighted by molar-refractivity contribution is -0.121. The number of nitrogens with one attached hydrogen (secondary N) is 2. The van der Waals surface area contributed by atoms with E-state index < -0.39 is 6.04 Å². The third kappa shape index (κ3) is 5.59. The van der Waals surface area contributed by atoms with Gasteiger partial charge in [-0.25, -0.2) is 4.98 Å². The maximum absolute atomic E-state index is 13.3. The van der Waals surface area contributed by atoms with Crippen LogP contribution in [-0.4, -0.2) is 32.7 Å². The van der Waals surface area contributed by atoms with Crippen LogP contribution in [0.5, 0.6) is 0 Å². The van der Waals surface area contributed by atoms with Crippen LogP contribution < -0.4 is 10.6 Å². The maximum Gasteiger partial charge on any atom is 0.256 e. The largest absolute Gasteiger partial charge is 0.324 e. The molecule has 2 aromatic carbocycles. The van der Waals surface area contributed by atoms with Crippen LogP contribution in [0.25, 0.3) is 0 Å². The maximum atomic E-state index is 13.3. The second-order valence-corrected chi connectivity index (χ2v) is 9.04. The quantitative estimate of drug-likeness (QED) is 0.393. The SMILES string of the molecule is O=C(Nc1ccccn1)c1ccc(CN2Cc3ccc(Cl)cc3NC(=O)C2Cc2ccccn2)cc1. The van der Waals surface area contributed by atoms with Gasteiger partial charge in [0.1, 0.15) is 5.82 Å². The predicted molar refractivity (Wildman–Crippen MR) is 140 cm³/mol. The summed E-state index contributed by atoms with van der Waals surface area (Å²) in [6.07, 6.45) is 3.83. The molecule has 8 heteroatoms. The van der Waals surface area contributed by atoms with Gasteiger partial charge in [-0.1, -0.05) is 41.9 Å². The first-order valence-electron chi connectivity index (χ1n) is 11.6. The number of halogens is 1. The van der Waals surface area contributed by atoms with E-state index in [0.717, 1.165) is 22.5 Å². The Labute approximate surface area is 214 Å². The fourth-order valence-corrected chi connectivity index (χ4v) is 4.41. The van der Waals surface area contributed by atoms with E-state index in [1.165, 1.54) is 0 Å². The molecule has 7 nitrogen and oxygen atoms in total. The van der Waals surface area contributed by atoms with Crippen LogP contribution in [0.15, 0.2) is 91.3 Å². The van der Waals surface area contributed by atoms with Gasteiger partial charge in [-0.05, 0) is 59.7 Å². The van der Waals surface area contributed by atoms with E-state index in [9.17, 15) is 9.59 Å². The lowest BCUT2D eigenvalue weighted by Crippen LogP contribution is -2.43. The fourth-order valence-electron chi connectivity index (χ4n) is 4.24. The summed E-state index contributed by atoms with van der Waals surface area (Å²) in [5.41, 5.74) is 4.07. The molecule has 2 N–H and O–H groups in total. The smallest absolute Gasteiger partial charge is 0.256 e. The van der Waals surface area contributed by atoms with Gasteiger partial charge in [-0.15, -0.1) is 0 Å². The number of pyridine rings is 2. The van der Waals surface area contributed by atoms with Crippen LogP contribution in [0, 0.1) is 0 Å². The van der Waals surface area contributed by atoms with Crippen molar-refractivity contribution in [1.82, 2.24) is 14.9 Å². The number of anilines is 2. The minimum Gasteiger partial charge on any atom is -0.324 e. The summed E-state index contributed by atoms with van der Waals surface area (Å²) in [6, 6.07) is 23.6. The first-order chi connectivity index (χ1) is 17.5. The molecule has 0 bridgehead atoms. The molecule has 1 aliphatic rings. The molecule has 4 aromatic rings. The Balaban J connectivity index is 1.37. The highest BCUT2D eigenvalue weighted by atomic mass is 35.5. The fraction of sp³-hybridized carbons (Fsp3) is 0.143. The highest BCUT2D eigenvalue weighted by Gasteiger charge is 2.31. The van der Waals surface area contributed by atoms with E-state index in [-0.39, 0.29) is 11.8 Å². The molecule has 2 aromatic heterocycles. The van der Waals surface area contributed by atoms with E-state index in [4.69, 9.17) is 11.6 Å². The number of hydrogen-bond donors (Lipinski definition) is 2. The Hall–Kier alpha value is -4.07. The number of amides is 2. The van der Waals surface area contributed by atoms with Crippen molar-refractivity contribution in [2.24, 2.45) is 0 Å². The van der Waals surface area contributed by atoms with Crippen molar-refractivity contribution in [3.8, 4) is 0 Å². The second-order valence-electron chi connectivity index (χ2n) is 8.60. The van der Waals surface area contributed by atoms with Crippen molar-refractivity contribution in [2.75, 3.05) is 10.6 Å². The van der Waals surface area contributed by atoms with Crippen LogP contribution in [0.2, 0.25) is 5.02 Å². The molecule has 180 valence electrons. The Morgan fingerprint density at radius 2 is 1.78 bits per heavy atom. The number of carbonyl (C=O) groups is 2. The van der Waals surface area contributed by atoms with E-state index in [1.807, 2.05) is 48.5 Å². The summed E-state index contributed by atoms with van der Waals surface area (Å²) in [7, 11) is 0. The van der Waals surface area contributed by atoms with E-state index >= 15 is 0 Å². The molecule has 2 amide bonds. The van der Waals surface area contributed by atoms with Gasteiger partial charge >= 0.3 is 0 Å². The molecule has 1 atom stereocenters. The van der Waals surface area contributed by atoms with Gasteiger partial charge in [0.15, 0.2) is 0 Å². The second kappa shape index (κ2) is 10.7. The van der Waals surface area contributed by atoms with Crippen molar-refractivity contribution in [3.05, 3.63) is 119 Å². The van der Waals surface area contributed by atoms with Crippen molar-refractivity contribution >= 4 is 34.9 Å². The Morgan fingerprint density at radius 3 is 2.50 bits per heavy atom. The molecule has 0 saturated heterocycles. The molecule has 1 aliphatic heterocycles. The molecular formula is C28H24ClN5O2. The Bertz CT molecular complexity index is 1360. The molecular weight excluding hydrogens is 474 g/mol. The Morgan fingerprint density at radius 1 is 1.00 bits per heavy atom. The zero-order valence-electron chi connectivity index (χ0n) is 19.4. The molecule has 0 fully saturated rings. The van der Waals surface area contributed by atoms with Crippen molar-refractivity contribution < 1.29 is 9.59 Å². The van der Waals surface area contributed by atoms with Gasteiger partial charge in [-0.2, -0.15) is 0 Å². The van der Waals surface area contributed by atoms with Crippen molar-refractivity contribution in [1.29, 1.82) is 0 Å². The predicted octanol–water partition coefficient (Wildman–Crippen LogP) is 4.95.